The Kier molecular flexibility index (Phi) is 3.36. The quantitative estimate of drug-likeness (QED) is 0.819. The molecule has 1 saturated heterocycles. The maximum atomic E-state index is 12.4. The van der Waals surface area contributed by atoms with Crippen LogP contribution in [0.15, 0.2) is 39.7 Å². The van der Waals surface area contributed by atoms with Gasteiger partial charge in [-0.25, -0.2) is 0 Å². The van der Waals surface area contributed by atoms with Gasteiger partial charge in [-0.05, 0) is 19.2 Å². The summed E-state index contributed by atoms with van der Waals surface area (Å²) in [6.45, 7) is 4.80. The second kappa shape index (κ2) is 5.15. The Bertz CT molecular complexity index is 627. The molecule has 0 aliphatic carbocycles. The van der Waals surface area contributed by atoms with Gasteiger partial charge >= 0.3 is 0 Å². The van der Waals surface area contributed by atoms with Crippen LogP contribution in [0.1, 0.15) is 5.56 Å². The molecule has 0 N–H and O–H groups in total. The Labute approximate surface area is 112 Å². The van der Waals surface area contributed by atoms with Crippen LogP contribution in [0.3, 0.4) is 0 Å². The van der Waals surface area contributed by atoms with E-state index in [1.807, 2.05) is 24.3 Å². The Morgan fingerprint density at radius 3 is 2.68 bits per heavy atom. The predicted molar refractivity (Wildman–Crippen MR) is 75.3 cm³/mol. The summed E-state index contributed by atoms with van der Waals surface area (Å²) < 4.78 is 5.55. The van der Waals surface area contributed by atoms with Gasteiger partial charge in [-0.15, -0.1) is 0 Å². The van der Waals surface area contributed by atoms with Crippen molar-refractivity contribution in [3.63, 3.8) is 0 Å². The van der Waals surface area contributed by atoms with Crippen molar-refractivity contribution in [3.05, 3.63) is 46.3 Å². The molecule has 0 spiro atoms. The van der Waals surface area contributed by atoms with E-state index in [1.165, 1.54) is 0 Å². The van der Waals surface area contributed by atoms with Crippen molar-refractivity contribution in [1.29, 1.82) is 0 Å². The summed E-state index contributed by atoms with van der Waals surface area (Å²) in [6.07, 6.45) is 1.61. The van der Waals surface area contributed by atoms with Crippen LogP contribution >= 0.6 is 0 Å². The number of nitrogens with zero attached hydrogens (tertiary/aromatic N) is 2. The lowest BCUT2D eigenvalue weighted by Crippen LogP contribution is -2.44. The molecule has 0 radical (unpaired) electrons. The molecule has 1 fully saturated rings. The van der Waals surface area contributed by atoms with E-state index in [9.17, 15) is 4.79 Å². The van der Waals surface area contributed by atoms with Crippen molar-refractivity contribution < 1.29 is 4.42 Å². The third kappa shape index (κ3) is 2.55. The number of hydrogen-bond acceptors (Lipinski definition) is 4. The number of piperazine rings is 1. The van der Waals surface area contributed by atoms with Gasteiger partial charge in [0.1, 0.15) is 5.58 Å². The SMILES string of the molecule is CN1CCN(Cc2coc3ccccc3c2=O)CC1. The van der Waals surface area contributed by atoms with Gasteiger partial charge in [0.05, 0.1) is 11.6 Å². The number of para-hydroxylation sites is 1. The normalized spacial score (nSPS) is 17.9. The first-order valence-corrected chi connectivity index (χ1v) is 6.64. The van der Waals surface area contributed by atoms with Crippen molar-refractivity contribution in [2.24, 2.45) is 0 Å². The highest BCUT2D eigenvalue weighted by Crippen LogP contribution is 2.12. The highest BCUT2D eigenvalue weighted by atomic mass is 16.3. The maximum absolute atomic E-state index is 12.4. The zero-order valence-corrected chi connectivity index (χ0v) is 11.1. The van der Waals surface area contributed by atoms with Crippen LogP contribution in [0.25, 0.3) is 11.0 Å². The summed E-state index contributed by atoms with van der Waals surface area (Å²) in [5.41, 5.74) is 1.51. The second-order valence-electron chi connectivity index (χ2n) is 5.17. The molecule has 0 unspecified atom stereocenters. The molecular weight excluding hydrogens is 240 g/mol. The number of hydrogen-bond donors (Lipinski definition) is 0. The minimum absolute atomic E-state index is 0.0979. The molecule has 1 aromatic carbocycles. The molecule has 19 heavy (non-hydrogen) atoms. The van der Waals surface area contributed by atoms with Crippen molar-refractivity contribution in [1.82, 2.24) is 9.80 Å². The van der Waals surface area contributed by atoms with Crippen LogP contribution in [0.2, 0.25) is 0 Å². The molecular formula is C15H18N2O2. The summed E-state index contributed by atoms with van der Waals surface area (Å²) in [6, 6.07) is 7.41. The maximum Gasteiger partial charge on any atom is 0.197 e. The first-order chi connectivity index (χ1) is 9.24. The van der Waals surface area contributed by atoms with Crippen LogP contribution < -0.4 is 5.43 Å². The number of fused-ring (bicyclic) bond motifs is 1. The molecule has 0 saturated carbocycles. The molecule has 4 heteroatoms. The second-order valence-corrected chi connectivity index (χ2v) is 5.17. The predicted octanol–water partition coefficient (Wildman–Crippen LogP) is 1.54. The van der Waals surface area contributed by atoms with Gasteiger partial charge in [0, 0.05) is 38.3 Å². The van der Waals surface area contributed by atoms with Crippen molar-refractivity contribution in [3.8, 4) is 0 Å². The number of likely N-dealkylation sites (N-methyl/N-ethyl adjacent to an activating group) is 1. The number of benzene rings is 1. The van der Waals surface area contributed by atoms with E-state index >= 15 is 0 Å². The smallest absolute Gasteiger partial charge is 0.197 e. The molecule has 1 aliphatic rings. The van der Waals surface area contributed by atoms with Crippen LogP contribution in [-0.4, -0.2) is 43.0 Å². The topological polar surface area (TPSA) is 36.7 Å². The fourth-order valence-electron chi connectivity index (χ4n) is 2.47. The first kappa shape index (κ1) is 12.4. The van der Waals surface area contributed by atoms with Crippen LogP contribution in [0.4, 0.5) is 0 Å². The summed E-state index contributed by atoms with van der Waals surface area (Å²) in [5.74, 6) is 0. The standard InChI is InChI=1S/C15H18N2O2/c1-16-6-8-17(9-7-16)10-12-11-19-14-5-3-2-4-13(14)15(12)18/h2-5,11H,6-10H2,1H3. The molecule has 0 bridgehead atoms. The minimum atomic E-state index is 0.0979. The van der Waals surface area contributed by atoms with E-state index in [4.69, 9.17) is 4.42 Å². The van der Waals surface area contributed by atoms with Crippen molar-refractivity contribution in [2.45, 2.75) is 6.54 Å². The molecule has 1 aliphatic heterocycles. The van der Waals surface area contributed by atoms with E-state index in [0.29, 0.717) is 17.5 Å². The molecule has 2 heterocycles. The van der Waals surface area contributed by atoms with Gasteiger partial charge in [-0.3, -0.25) is 9.69 Å². The molecule has 2 aromatic rings. The molecule has 3 rings (SSSR count). The Morgan fingerprint density at radius 1 is 1.16 bits per heavy atom. The number of rotatable bonds is 2. The lowest BCUT2D eigenvalue weighted by Gasteiger charge is -2.32. The van der Waals surface area contributed by atoms with E-state index < -0.39 is 0 Å². The van der Waals surface area contributed by atoms with Crippen LogP contribution in [0.5, 0.6) is 0 Å². The van der Waals surface area contributed by atoms with E-state index in [-0.39, 0.29) is 5.43 Å². The van der Waals surface area contributed by atoms with Gasteiger partial charge < -0.3 is 9.32 Å². The molecule has 100 valence electrons. The highest BCUT2D eigenvalue weighted by Gasteiger charge is 2.16. The minimum Gasteiger partial charge on any atom is -0.464 e. The molecule has 0 amide bonds. The lowest BCUT2D eigenvalue weighted by atomic mass is 10.1. The largest absolute Gasteiger partial charge is 0.464 e. The van der Waals surface area contributed by atoms with Crippen molar-refractivity contribution in [2.75, 3.05) is 33.2 Å². The van der Waals surface area contributed by atoms with Crippen LogP contribution in [0, 0.1) is 0 Å². The van der Waals surface area contributed by atoms with Gasteiger partial charge in [-0.1, -0.05) is 12.1 Å². The summed E-state index contributed by atoms with van der Waals surface area (Å²) >= 11 is 0. The van der Waals surface area contributed by atoms with E-state index in [1.54, 1.807) is 6.26 Å². The Balaban J connectivity index is 1.85. The van der Waals surface area contributed by atoms with Gasteiger partial charge in [0.2, 0.25) is 0 Å². The third-order valence-corrected chi connectivity index (χ3v) is 3.74. The van der Waals surface area contributed by atoms with Crippen molar-refractivity contribution >= 4 is 11.0 Å². The van der Waals surface area contributed by atoms with E-state index in [0.717, 1.165) is 31.7 Å². The summed E-state index contributed by atoms with van der Waals surface area (Å²) in [5, 5.41) is 0.675. The Hall–Kier alpha value is -1.65. The van der Waals surface area contributed by atoms with Crippen LogP contribution in [-0.2, 0) is 6.54 Å². The average molecular weight is 258 g/mol. The molecule has 1 aromatic heterocycles. The lowest BCUT2D eigenvalue weighted by molar-refractivity contribution is 0.147. The van der Waals surface area contributed by atoms with E-state index in [2.05, 4.69) is 16.8 Å². The highest BCUT2D eigenvalue weighted by molar-refractivity contribution is 5.76. The fourth-order valence-corrected chi connectivity index (χ4v) is 2.47. The third-order valence-electron chi connectivity index (χ3n) is 3.74. The summed E-state index contributed by atoms with van der Waals surface area (Å²) in [7, 11) is 2.13. The van der Waals surface area contributed by atoms with Gasteiger partial charge in [0.25, 0.3) is 0 Å². The monoisotopic (exact) mass is 258 g/mol. The first-order valence-electron chi connectivity index (χ1n) is 6.64. The average Bonchev–Trinajstić information content (AvgIpc) is 2.45. The summed E-state index contributed by atoms with van der Waals surface area (Å²) in [4.78, 5) is 17.0. The van der Waals surface area contributed by atoms with Gasteiger partial charge in [-0.2, -0.15) is 0 Å². The molecule has 0 atom stereocenters. The molecule has 4 nitrogen and oxygen atoms in total. The Morgan fingerprint density at radius 2 is 1.89 bits per heavy atom. The zero-order chi connectivity index (χ0) is 13.2. The fraction of sp³-hybridized carbons (Fsp3) is 0.400. The zero-order valence-electron chi connectivity index (χ0n) is 11.1. The van der Waals surface area contributed by atoms with Gasteiger partial charge in [0.15, 0.2) is 5.43 Å².